The molecule has 1 radical (unpaired) electrons. The molecule has 8 heteroatoms. The number of amides is 1. The number of pyridine rings is 1. The number of carbonyl (C=O) groups excluding carboxylic acids is 1. The first-order valence-corrected chi connectivity index (χ1v) is 12.9. The molecule has 169 valence electrons. The Morgan fingerprint density at radius 2 is 1.88 bits per heavy atom. The van der Waals surface area contributed by atoms with Crippen LogP contribution in [0.4, 0.5) is 11.5 Å². The van der Waals surface area contributed by atoms with E-state index in [1.165, 1.54) is 28.3 Å². The Morgan fingerprint density at radius 3 is 2.50 bits per heavy atom. The summed E-state index contributed by atoms with van der Waals surface area (Å²) in [4.78, 5) is 22.2. The standard InChI is InChI=1S/C24H29N4O3S/c1-17-5-3-6-21(28-9-4-14-32(28,30)31)22(17)24(29)27-12-10-26(11-13-27)23-18(2)15-20(16-25-23)19-7-8-19/h3,5-6,15-16,19H,1,4,7-14H2,2H3. The van der Waals surface area contributed by atoms with Crippen molar-refractivity contribution >= 4 is 27.4 Å². The highest BCUT2D eigenvalue weighted by Gasteiger charge is 2.34. The number of hydrogen-bond acceptors (Lipinski definition) is 5. The highest BCUT2D eigenvalue weighted by atomic mass is 32.2. The van der Waals surface area contributed by atoms with Gasteiger partial charge in [-0.15, -0.1) is 0 Å². The van der Waals surface area contributed by atoms with Crippen LogP contribution in [0.3, 0.4) is 0 Å². The summed E-state index contributed by atoms with van der Waals surface area (Å²) in [5, 5.41) is 0. The number of anilines is 2. The van der Waals surface area contributed by atoms with E-state index in [9.17, 15) is 13.2 Å². The van der Waals surface area contributed by atoms with E-state index in [4.69, 9.17) is 4.98 Å². The molecule has 2 aliphatic heterocycles. The summed E-state index contributed by atoms with van der Waals surface area (Å²) < 4.78 is 26.4. The van der Waals surface area contributed by atoms with E-state index in [-0.39, 0.29) is 11.7 Å². The van der Waals surface area contributed by atoms with Gasteiger partial charge in [-0.25, -0.2) is 13.4 Å². The zero-order valence-electron chi connectivity index (χ0n) is 18.5. The van der Waals surface area contributed by atoms with Gasteiger partial charge in [0, 0.05) is 38.9 Å². The third kappa shape index (κ3) is 3.85. The van der Waals surface area contributed by atoms with Gasteiger partial charge in [0.25, 0.3) is 5.91 Å². The van der Waals surface area contributed by atoms with Crippen LogP contribution in [0.15, 0.2) is 30.5 Å². The highest BCUT2D eigenvalue weighted by molar-refractivity contribution is 7.93. The fraction of sp³-hybridized carbons (Fsp3) is 0.458. The third-order valence-electron chi connectivity index (χ3n) is 6.70. The van der Waals surface area contributed by atoms with E-state index >= 15 is 0 Å². The molecule has 0 unspecified atom stereocenters. The zero-order chi connectivity index (χ0) is 22.5. The second-order valence-electron chi connectivity index (χ2n) is 9.02. The number of piperazine rings is 1. The Hall–Kier alpha value is -2.61. The lowest BCUT2D eigenvalue weighted by Crippen LogP contribution is -2.49. The average Bonchev–Trinajstić information content (AvgIpc) is 3.56. The van der Waals surface area contributed by atoms with Crippen molar-refractivity contribution in [2.75, 3.05) is 47.7 Å². The molecular formula is C24H29N4O3S. The fourth-order valence-corrected chi connectivity index (χ4v) is 6.36. The summed E-state index contributed by atoms with van der Waals surface area (Å²) in [6.07, 6.45) is 5.09. The Morgan fingerprint density at radius 1 is 1.12 bits per heavy atom. The van der Waals surface area contributed by atoms with Crippen LogP contribution in [0.1, 0.15) is 52.2 Å². The minimum atomic E-state index is -3.38. The molecule has 0 bridgehead atoms. The molecule has 1 aromatic carbocycles. The number of aryl methyl sites for hydroxylation is 1. The van der Waals surface area contributed by atoms with Crippen LogP contribution in [0.25, 0.3) is 0 Å². The second-order valence-corrected chi connectivity index (χ2v) is 11.0. The quantitative estimate of drug-likeness (QED) is 0.712. The lowest BCUT2D eigenvalue weighted by atomic mass is 10.0. The molecule has 1 saturated carbocycles. The second kappa shape index (κ2) is 8.06. The predicted molar refractivity (Wildman–Crippen MR) is 126 cm³/mol. The van der Waals surface area contributed by atoms with E-state index in [1.54, 1.807) is 23.1 Å². The first-order chi connectivity index (χ1) is 15.3. The van der Waals surface area contributed by atoms with Crippen molar-refractivity contribution in [3.8, 4) is 0 Å². The van der Waals surface area contributed by atoms with Crippen LogP contribution in [0.5, 0.6) is 0 Å². The summed E-state index contributed by atoms with van der Waals surface area (Å²) in [6, 6.07) is 7.50. The fourth-order valence-electron chi connectivity index (χ4n) is 4.79. The van der Waals surface area contributed by atoms with Crippen LogP contribution in [0, 0.1) is 13.8 Å². The predicted octanol–water partition coefficient (Wildman–Crippen LogP) is 2.95. The number of benzene rings is 1. The van der Waals surface area contributed by atoms with Crippen molar-refractivity contribution in [1.82, 2.24) is 9.88 Å². The van der Waals surface area contributed by atoms with Crippen molar-refractivity contribution in [2.24, 2.45) is 0 Å². The van der Waals surface area contributed by atoms with E-state index in [0.717, 1.165) is 5.82 Å². The van der Waals surface area contributed by atoms with Gasteiger partial charge in [-0.1, -0.05) is 18.2 Å². The molecule has 3 fully saturated rings. The first kappa shape index (κ1) is 21.2. The summed E-state index contributed by atoms with van der Waals surface area (Å²) in [5.41, 5.74) is 3.92. The van der Waals surface area contributed by atoms with Crippen molar-refractivity contribution < 1.29 is 13.2 Å². The Balaban J connectivity index is 1.33. The van der Waals surface area contributed by atoms with Gasteiger partial charge in [-0.05, 0) is 61.8 Å². The van der Waals surface area contributed by atoms with E-state index in [2.05, 4.69) is 24.8 Å². The first-order valence-electron chi connectivity index (χ1n) is 11.3. The van der Waals surface area contributed by atoms with Gasteiger partial charge in [0.05, 0.1) is 17.0 Å². The number of sulfonamides is 1. The minimum Gasteiger partial charge on any atom is -0.353 e. The molecule has 7 nitrogen and oxygen atoms in total. The number of carbonyl (C=O) groups is 1. The zero-order valence-corrected chi connectivity index (χ0v) is 19.3. The molecule has 1 aromatic heterocycles. The van der Waals surface area contributed by atoms with Gasteiger partial charge in [0.15, 0.2) is 0 Å². The minimum absolute atomic E-state index is 0.118. The van der Waals surface area contributed by atoms with Crippen LogP contribution in [-0.2, 0) is 10.0 Å². The molecule has 2 saturated heterocycles. The van der Waals surface area contributed by atoms with Gasteiger partial charge >= 0.3 is 0 Å². The summed E-state index contributed by atoms with van der Waals surface area (Å²) in [5.74, 6) is 1.64. The maximum absolute atomic E-state index is 13.5. The Kier molecular flexibility index (Phi) is 5.35. The largest absolute Gasteiger partial charge is 0.353 e. The molecule has 5 rings (SSSR count). The molecule has 0 N–H and O–H groups in total. The molecule has 32 heavy (non-hydrogen) atoms. The van der Waals surface area contributed by atoms with Crippen molar-refractivity contribution in [3.63, 3.8) is 0 Å². The molecule has 2 aromatic rings. The van der Waals surface area contributed by atoms with E-state index in [1.807, 2.05) is 6.20 Å². The van der Waals surface area contributed by atoms with E-state index in [0.29, 0.717) is 61.9 Å². The van der Waals surface area contributed by atoms with Gasteiger partial charge in [0.1, 0.15) is 5.82 Å². The van der Waals surface area contributed by atoms with Crippen molar-refractivity contribution in [1.29, 1.82) is 0 Å². The summed E-state index contributed by atoms with van der Waals surface area (Å²) in [6.45, 7) is 9.05. The highest BCUT2D eigenvalue weighted by Crippen LogP contribution is 2.40. The van der Waals surface area contributed by atoms with Gasteiger partial charge in [-0.3, -0.25) is 9.10 Å². The lowest BCUT2D eigenvalue weighted by molar-refractivity contribution is 0.0747. The molecular weight excluding hydrogens is 424 g/mol. The monoisotopic (exact) mass is 453 g/mol. The molecule has 0 atom stereocenters. The lowest BCUT2D eigenvalue weighted by Gasteiger charge is -2.37. The third-order valence-corrected chi connectivity index (χ3v) is 8.55. The summed E-state index contributed by atoms with van der Waals surface area (Å²) in [7, 11) is -3.38. The molecule has 3 aliphatic rings. The maximum atomic E-state index is 13.5. The van der Waals surface area contributed by atoms with E-state index < -0.39 is 10.0 Å². The Bertz CT molecular complexity index is 1150. The van der Waals surface area contributed by atoms with Crippen LogP contribution in [-0.4, -0.2) is 62.7 Å². The smallest absolute Gasteiger partial charge is 0.256 e. The van der Waals surface area contributed by atoms with Crippen molar-refractivity contribution in [2.45, 2.75) is 32.1 Å². The van der Waals surface area contributed by atoms with Crippen LogP contribution < -0.4 is 9.21 Å². The topological polar surface area (TPSA) is 73.8 Å². The van der Waals surface area contributed by atoms with Crippen molar-refractivity contribution in [3.05, 3.63) is 59.6 Å². The number of nitrogens with zero attached hydrogens (tertiary/aromatic N) is 4. The summed E-state index contributed by atoms with van der Waals surface area (Å²) >= 11 is 0. The average molecular weight is 454 g/mol. The molecule has 1 aliphatic carbocycles. The maximum Gasteiger partial charge on any atom is 0.256 e. The van der Waals surface area contributed by atoms with Gasteiger partial charge in [-0.2, -0.15) is 0 Å². The number of aromatic nitrogens is 1. The van der Waals surface area contributed by atoms with Gasteiger partial charge < -0.3 is 9.80 Å². The number of rotatable bonds is 4. The molecule has 3 heterocycles. The SMILES string of the molecule is [CH2]c1cccc(N2CCCS2(=O)=O)c1C(=O)N1CCN(c2ncc(C3CC3)cc2C)CC1. The Labute approximate surface area is 190 Å². The molecule has 0 spiro atoms. The number of hydrogen-bond donors (Lipinski definition) is 0. The van der Waals surface area contributed by atoms with Crippen LogP contribution in [0.2, 0.25) is 0 Å². The van der Waals surface area contributed by atoms with Gasteiger partial charge in [0.2, 0.25) is 10.0 Å². The van der Waals surface area contributed by atoms with Crippen LogP contribution >= 0.6 is 0 Å². The molecule has 1 amide bonds. The normalized spacial score (nSPS) is 20.6.